The van der Waals surface area contributed by atoms with Crippen LogP contribution in [-0.2, 0) is 0 Å². The van der Waals surface area contributed by atoms with Crippen molar-refractivity contribution in [2.45, 2.75) is 18.5 Å². The molecule has 1 aromatic heterocycles. The zero-order chi connectivity index (χ0) is 16.7. The molecule has 1 N–H and O–H groups in total. The predicted molar refractivity (Wildman–Crippen MR) is 94.7 cm³/mol. The van der Waals surface area contributed by atoms with Crippen molar-refractivity contribution in [2.24, 2.45) is 0 Å². The van der Waals surface area contributed by atoms with E-state index in [1.54, 1.807) is 16.8 Å². The smallest absolute Gasteiger partial charge is 0.222 e. The van der Waals surface area contributed by atoms with E-state index in [-0.39, 0.29) is 17.9 Å². The highest BCUT2D eigenvalue weighted by molar-refractivity contribution is 9.10. The molecule has 2 heterocycles. The van der Waals surface area contributed by atoms with Gasteiger partial charge in [0.2, 0.25) is 5.95 Å². The zero-order valence-corrected chi connectivity index (χ0v) is 14.8. The third-order valence-corrected chi connectivity index (χ3v) is 5.04. The van der Waals surface area contributed by atoms with Gasteiger partial charge < -0.3 is 5.32 Å². The number of hydrogen-bond acceptors (Lipinski definition) is 3. The van der Waals surface area contributed by atoms with Gasteiger partial charge in [-0.2, -0.15) is 10.1 Å². The fourth-order valence-corrected chi connectivity index (χ4v) is 3.84. The van der Waals surface area contributed by atoms with Crippen LogP contribution < -0.4 is 5.32 Å². The average Bonchev–Trinajstić information content (AvgIpc) is 3.03. The molecule has 0 spiro atoms. The Morgan fingerprint density at radius 1 is 1.25 bits per heavy atom. The van der Waals surface area contributed by atoms with Gasteiger partial charge in [0, 0.05) is 15.1 Å². The minimum atomic E-state index is -0.330. The lowest BCUT2D eigenvalue weighted by molar-refractivity contribution is 0.416. The van der Waals surface area contributed by atoms with Gasteiger partial charge >= 0.3 is 0 Å². The molecule has 0 amide bonds. The average molecular weight is 408 g/mol. The molecule has 2 aromatic carbocycles. The van der Waals surface area contributed by atoms with Crippen molar-refractivity contribution >= 4 is 33.5 Å². The van der Waals surface area contributed by atoms with E-state index < -0.39 is 0 Å². The molecule has 1 aliphatic heterocycles. The molecule has 1 aliphatic rings. The third-order valence-electron chi connectivity index (χ3n) is 4.21. The molecule has 0 aliphatic carbocycles. The van der Waals surface area contributed by atoms with Crippen molar-refractivity contribution in [3.8, 4) is 0 Å². The van der Waals surface area contributed by atoms with E-state index in [1.807, 2.05) is 24.3 Å². The van der Waals surface area contributed by atoms with Gasteiger partial charge in [0.1, 0.15) is 12.1 Å². The van der Waals surface area contributed by atoms with E-state index >= 15 is 0 Å². The van der Waals surface area contributed by atoms with Crippen molar-refractivity contribution in [3.63, 3.8) is 0 Å². The lowest BCUT2D eigenvalue weighted by Crippen LogP contribution is -2.28. The van der Waals surface area contributed by atoms with Crippen molar-refractivity contribution in [1.29, 1.82) is 0 Å². The van der Waals surface area contributed by atoms with Crippen LogP contribution in [0.5, 0.6) is 0 Å². The van der Waals surface area contributed by atoms with Crippen molar-refractivity contribution in [1.82, 2.24) is 14.8 Å². The highest BCUT2D eigenvalue weighted by Gasteiger charge is 2.32. The first-order valence-electron chi connectivity index (χ1n) is 7.49. The maximum Gasteiger partial charge on any atom is 0.222 e. The van der Waals surface area contributed by atoms with Crippen LogP contribution in [0.3, 0.4) is 0 Å². The lowest BCUT2D eigenvalue weighted by atomic mass is 9.93. The summed E-state index contributed by atoms with van der Waals surface area (Å²) in [4.78, 5) is 4.25. The number of fused-ring (bicyclic) bond motifs is 1. The Hall–Kier alpha value is -1.92. The summed E-state index contributed by atoms with van der Waals surface area (Å²) in [5, 5.41) is 8.01. The highest BCUT2D eigenvalue weighted by atomic mass is 79.9. The van der Waals surface area contributed by atoms with Gasteiger partial charge in [0.25, 0.3) is 0 Å². The molecule has 0 saturated carbocycles. The fraction of sp³-hybridized carbons (Fsp3) is 0.176. The van der Waals surface area contributed by atoms with Gasteiger partial charge in [-0.15, -0.1) is 0 Å². The van der Waals surface area contributed by atoms with Gasteiger partial charge in [-0.3, -0.25) is 0 Å². The van der Waals surface area contributed by atoms with Crippen LogP contribution in [0.25, 0.3) is 0 Å². The Labute approximate surface area is 151 Å². The Morgan fingerprint density at radius 3 is 2.88 bits per heavy atom. The van der Waals surface area contributed by atoms with Gasteiger partial charge in [0.05, 0.1) is 12.1 Å². The molecule has 0 unspecified atom stereocenters. The van der Waals surface area contributed by atoms with E-state index in [0.29, 0.717) is 23.0 Å². The summed E-state index contributed by atoms with van der Waals surface area (Å²) in [5.41, 5.74) is 1.54. The summed E-state index contributed by atoms with van der Waals surface area (Å²) >= 11 is 9.78. The number of nitrogens with one attached hydrogen (secondary N) is 1. The Balaban J connectivity index is 1.80. The number of benzene rings is 2. The van der Waals surface area contributed by atoms with E-state index in [1.165, 1.54) is 12.4 Å². The highest BCUT2D eigenvalue weighted by Crippen LogP contribution is 2.40. The minimum absolute atomic E-state index is 0.0140. The Morgan fingerprint density at radius 2 is 2.08 bits per heavy atom. The summed E-state index contributed by atoms with van der Waals surface area (Å²) in [6.45, 7) is 0. The maximum atomic E-state index is 14.5. The first-order chi connectivity index (χ1) is 11.6. The second-order valence-corrected chi connectivity index (χ2v) is 6.99. The molecule has 3 aromatic rings. The Bertz CT molecular complexity index is 878. The van der Waals surface area contributed by atoms with Gasteiger partial charge in [-0.1, -0.05) is 45.7 Å². The van der Waals surface area contributed by atoms with Gasteiger partial charge in [-0.25, -0.2) is 9.07 Å². The first kappa shape index (κ1) is 15.6. The minimum Gasteiger partial charge on any atom is -0.348 e. The number of aromatic nitrogens is 3. The molecule has 0 bridgehead atoms. The Kier molecular flexibility index (Phi) is 4.02. The first-order valence-corrected chi connectivity index (χ1v) is 8.66. The molecule has 7 heteroatoms. The topological polar surface area (TPSA) is 42.7 Å². The monoisotopic (exact) mass is 406 g/mol. The molecule has 0 radical (unpaired) electrons. The van der Waals surface area contributed by atoms with Crippen molar-refractivity contribution in [3.05, 3.63) is 75.2 Å². The van der Waals surface area contributed by atoms with Crippen LogP contribution in [0.15, 0.2) is 53.3 Å². The fourth-order valence-electron chi connectivity index (χ4n) is 3.13. The largest absolute Gasteiger partial charge is 0.348 e. The lowest BCUT2D eigenvalue weighted by Gasteiger charge is -2.32. The zero-order valence-electron chi connectivity index (χ0n) is 12.5. The molecule has 24 heavy (non-hydrogen) atoms. The van der Waals surface area contributed by atoms with Gasteiger partial charge in [-0.05, 0) is 36.2 Å². The molecule has 4 rings (SSSR count). The van der Waals surface area contributed by atoms with Crippen LogP contribution in [0.4, 0.5) is 10.3 Å². The number of halogens is 3. The number of hydrogen-bond donors (Lipinski definition) is 1. The normalized spacial score (nSPS) is 19.6. The second-order valence-electron chi connectivity index (χ2n) is 5.67. The summed E-state index contributed by atoms with van der Waals surface area (Å²) in [6.07, 6.45) is 2.08. The molecule has 122 valence electrons. The molecule has 0 saturated heterocycles. The van der Waals surface area contributed by atoms with E-state index in [4.69, 9.17) is 11.6 Å². The standard InChI is InChI=1S/C17H13BrClFN4/c18-11-4-1-3-10(7-11)14-8-15(24-17(23-14)21-9-22-24)16-12(19)5-2-6-13(16)20/h1-7,9,14-15H,8H2,(H,21,22,23)/t14-,15+/m1/s1. The molecule has 0 fully saturated rings. The van der Waals surface area contributed by atoms with Crippen molar-refractivity contribution < 1.29 is 4.39 Å². The van der Waals surface area contributed by atoms with Crippen LogP contribution in [-0.4, -0.2) is 14.8 Å². The molecule has 4 nitrogen and oxygen atoms in total. The van der Waals surface area contributed by atoms with Crippen molar-refractivity contribution in [2.75, 3.05) is 5.32 Å². The predicted octanol–water partition coefficient (Wildman–Crippen LogP) is 4.98. The van der Waals surface area contributed by atoms with Crippen LogP contribution in [0, 0.1) is 5.82 Å². The quantitative estimate of drug-likeness (QED) is 0.651. The van der Waals surface area contributed by atoms with E-state index in [0.717, 1.165) is 10.0 Å². The maximum absolute atomic E-state index is 14.5. The number of rotatable bonds is 2. The van der Waals surface area contributed by atoms with Crippen LogP contribution in [0.1, 0.15) is 29.6 Å². The second kappa shape index (κ2) is 6.18. The summed E-state index contributed by atoms with van der Waals surface area (Å²) in [5.74, 6) is 0.277. The summed E-state index contributed by atoms with van der Waals surface area (Å²) < 4.78 is 17.1. The van der Waals surface area contributed by atoms with Crippen LogP contribution in [0.2, 0.25) is 5.02 Å². The van der Waals surface area contributed by atoms with E-state index in [9.17, 15) is 4.39 Å². The number of anilines is 1. The van der Waals surface area contributed by atoms with Gasteiger partial charge in [0.15, 0.2) is 0 Å². The number of nitrogens with zero attached hydrogens (tertiary/aromatic N) is 3. The van der Waals surface area contributed by atoms with Crippen LogP contribution >= 0.6 is 27.5 Å². The molecular formula is C17H13BrClFN4. The summed E-state index contributed by atoms with van der Waals surface area (Å²) in [7, 11) is 0. The SMILES string of the molecule is Fc1cccc(Cl)c1[C@@H]1C[C@H](c2cccc(Br)c2)Nc2ncnn21. The summed E-state index contributed by atoms with van der Waals surface area (Å²) in [6, 6.07) is 12.4. The molecule has 2 atom stereocenters. The van der Waals surface area contributed by atoms with E-state index in [2.05, 4.69) is 31.3 Å². The third kappa shape index (κ3) is 2.70. The molecular weight excluding hydrogens is 395 g/mol.